The van der Waals surface area contributed by atoms with Crippen LogP contribution >= 0.6 is 0 Å². The fraction of sp³-hybridized carbons (Fsp3) is 0.818. The van der Waals surface area contributed by atoms with E-state index in [1.54, 1.807) is 0 Å². The van der Waals surface area contributed by atoms with Gasteiger partial charge in [0.15, 0.2) is 0 Å². The minimum absolute atomic E-state index is 0.0664. The van der Waals surface area contributed by atoms with E-state index in [1.165, 1.54) is 6.92 Å². The highest BCUT2D eigenvalue weighted by molar-refractivity contribution is 5.85. The normalized spacial score (nSPS) is 26.4. The quantitative estimate of drug-likeness (QED) is 0.821. The average molecular weight is 267 g/mol. The first-order valence-electron chi connectivity index (χ1n) is 5.83. The number of alkyl halides is 3. The van der Waals surface area contributed by atoms with Gasteiger partial charge < -0.3 is 10.4 Å². The van der Waals surface area contributed by atoms with E-state index in [1.807, 2.05) is 0 Å². The first-order valence-corrected chi connectivity index (χ1v) is 5.83. The third-order valence-electron chi connectivity index (χ3n) is 3.25. The van der Waals surface area contributed by atoms with Crippen LogP contribution < -0.4 is 5.32 Å². The summed E-state index contributed by atoms with van der Waals surface area (Å²) in [7, 11) is 0. The molecule has 1 saturated carbocycles. The summed E-state index contributed by atoms with van der Waals surface area (Å²) in [6.45, 7) is 1.23. The van der Waals surface area contributed by atoms with Crippen molar-refractivity contribution < 1.29 is 27.9 Å². The van der Waals surface area contributed by atoms with Gasteiger partial charge in [-0.25, -0.2) is 0 Å². The standard InChI is InChI=1S/C11H16F3NO3/c1-6(10(17)18)15-9(16)7-4-2-3-5-8(7)11(12,13)14/h6-8H,2-5H2,1H3,(H,15,16)(H,17,18)/t6-,7?,8?/m1/s1. The number of carboxylic acid groups (broad SMARTS) is 1. The summed E-state index contributed by atoms with van der Waals surface area (Å²) in [5, 5.41) is 10.7. The summed E-state index contributed by atoms with van der Waals surface area (Å²) < 4.78 is 38.3. The Labute approximate surface area is 103 Å². The number of carboxylic acids is 1. The van der Waals surface area contributed by atoms with Crippen molar-refractivity contribution in [3.8, 4) is 0 Å². The first-order chi connectivity index (χ1) is 8.23. The monoisotopic (exact) mass is 267 g/mol. The molecule has 7 heteroatoms. The number of amides is 1. The van der Waals surface area contributed by atoms with Crippen LogP contribution in [0.4, 0.5) is 13.2 Å². The van der Waals surface area contributed by atoms with Crippen molar-refractivity contribution in [1.82, 2.24) is 5.32 Å². The van der Waals surface area contributed by atoms with Gasteiger partial charge in [-0.15, -0.1) is 0 Å². The van der Waals surface area contributed by atoms with Crippen LogP contribution in [-0.4, -0.2) is 29.2 Å². The molecule has 1 rings (SSSR count). The maximum Gasteiger partial charge on any atom is 0.392 e. The highest BCUT2D eigenvalue weighted by Crippen LogP contribution is 2.41. The number of hydrogen-bond donors (Lipinski definition) is 2. The molecule has 0 aliphatic heterocycles. The van der Waals surface area contributed by atoms with E-state index in [0.29, 0.717) is 12.8 Å². The average Bonchev–Trinajstić information content (AvgIpc) is 2.27. The van der Waals surface area contributed by atoms with Gasteiger partial charge >= 0.3 is 12.1 Å². The molecule has 1 amide bonds. The van der Waals surface area contributed by atoms with Gasteiger partial charge in [0.25, 0.3) is 0 Å². The Morgan fingerprint density at radius 1 is 1.28 bits per heavy atom. The molecular weight excluding hydrogens is 251 g/mol. The Hall–Kier alpha value is -1.27. The van der Waals surface area contributed by atoms with Crippen molar-refractivity contribution in [2.75, 3.05) is 0 Å². The lowest BCUT2D eigenvalue weighted by Gasteiger charge is -2.32. The lowest BCUT2D eigenvalue weighted by atomic mass is 9.78. The van der Waals surface area contributed by atoms with Crippen LogP contribution in [0.5, 0.6) is 0 Å². The van der Waals surface area contributed by atoms with E-state index in [4.69, 9.17) is 5.11 Å². The van der Waals surface area contributed by atoms with Crippen molar-refractivity contribution in [2.45, 2.75) is 44.8 Å². The minimum Gasteiger partial charge on any atom is -0.480 e. The Morgan fingerprint density at radius 3 is 2.33 bits per heavy atom. The second-order valence-corrected chi connectivity index (χ2v) is 4.61. The van der Waals surface area contributed by atoms with E-state index in [-0.39, 0.29) is 12.8 Å². The van der Waals surface area contributed by atoms with Gasteiger partial charge in [0.05, 0.1) is 5.92 Å². The molecule has 104 valence electrons. The molecule has 0 aromatic carbocycles. The fourth-order valence-corrected chi connectivity index (χ4v) is 2.22. The number of nitrogens with one attached hydrogen (secondary N) is 1. The van der Waals surface area contributed by atoms with Crippen LogP contribution in [0, 0.1) is 11.8 Å². The zero-order chi connectivity index (χ0) is 13.9. The lowest BCUT2D eigenvalue weighted by Crippen LogP contribution is -2.47. The molecule has 0 bridgehead atoms. The molecule has 0 saturated heterocycles. The van der Waals surface area contributed by atoms with Gasteiger partial charge in [-0.1, -0.05) is 12.8 Å². The molecule has 2 unspecified atom stereocenters. The van der Waals surface area contributed by atoms with Gasteiger partial charge in [-0.3, -0.25) is 9.59 Å². The summed E-state index contributed by atoms with van der Waals surface area (Å²) in [6.07, 6.45) is -3.31. The zero-order valence-corrected chi connectivity index (χ0v) is 9.96. The van der Waals surface area contributed by atoms with Gasteiger partial charge in [0.1, 0.15) is 6.04 Å². The van der Waals surface area contributed by atoms with Gasteiger partial charge in [0.2, 0.25) is 5.91 Å². The molecule has 1 aliphatic rings. The number of carbonyl (C=O) groups excluding carboxylic acids is 1. The Bertz CT molecular complexity index is 330. The van der Waals surface area contributed by atoms with Crippen molar-refractivity contribution >= 4 is 11.9 Å². The van der Waals surface area contributed by atoms with Crippen LogP contribution in [0.25, 0.3) is 0 Å². The van der Waals surface area contributed by atoms with Crippen LogP contribution in [0.2, 0.25) is 0 Å². The maximum absolute atomic E-state index is 12.8. The van der Waals surface area contributed by atoms with E-state index in [9.17, 15) is 22.8 Å². The molecular formula is C11H16F3NO3. The predicted molar refractivity (Wildman–Crippen MR) is 56.7 cm³/mol. The second-order valence-electron chi connectivity index (χ2n) is 4.61. The van der Waals surface area contributed by atoms with Gasteiger partial charge in [0, 0.05) is 5.92 Å². The van der Waals surface area contributed by atoms with Crippen molar-refractivity contribution in [1.29, 1.82) is 0 Å². The summed E-state index contributed by atoms with van der Waals surface area (Å²) in [4.78, 5) is 22.3. The number of aliphatic carboxylic acids is 1. The molecule has 18 heavy (non-hydrogen) atoms. The van der Waals surface area contributed by atoms with E-state index >= 15 is 0 Å². The maximum atomic E-state index is 12.8. The largest absolute Gasteiger partial charge is 0.480 e. The summed E-state index contributed by atoms with van der Waals surface area (Å²) in [5.74, 6) is -4.90. The highest BCUT2D eigenvalue weighted by atomic mass is 19.4. The second kappa shape index (κ2) is 5.58. The number of hydrogen-bond acceptors (Lipinski definition) is 2. The SMILES string of the molecule is C[C@@H](NC(=O)C1CCCCC1C(F)(F)F)C(=O)O. The first kappa shape index (κ1) is 14.8. The predicted octanol–water partition coefficient (Wildman–Crippen LogP) is 1.94. The van der Waals surface area contributed by atoms with Gasteiger partial charge in [-0.2, -0.15) is 13.2 Å². The molecule has 3 atom stereocenters. The Kier molecular flexibility index (Phi) is 4.59. The Balaban J connectivity index is 2.72. The lowest BCUT2D eigenvalue weighted by molar-refractivity contribution is -0.198. The zero-order valence-electron chi connectivity index (χ0n) is 9.96. The molecule has 0 heterocycles. The fourth-order valence-electron chi connectivity index (χ4n) is 2.22. The van der Waals surface area contributed by atoms with Crippen LogP contribution in [-0.2, 0) is 9.59 Å². The van der Waals surface area contributed by atoms with Gasteiger partial charge in [-0.05, 0) is 19.8 Å². The third-order valence-corrected chi connectivity index (χ3v) is 3.25. The molecule has 0 radical (unpaired) electrons. The van der Waals surface area contributed by atoms with Crippen molar-refractivity contribution in [3.05, 3.63) is 0 Å². The van der Waals surface area contributed by atoms with E-state index < -0.39 is 35.9 Å². The smallest absolute Gasteiger partial charge is 0.392 e. The van der Waals surface area contributed by atoms with Crippen LogP contribution in [0.1, 0.15) is 32.6 Å². The number of rotatable bonds is 3. The minimum atomic E-state index is -4.41. The molecule has 1 fully saturated rings. The molecule has 2 N–H and O–H groups in total. The highest BCUT2D eigenvalue weighted by Gasteiger charge is 2.48. The Morgan fingerprint density at radius 2 is 1.83 bits per heavy atom. The molecule has 1 aliphatic carbocycles. The molecule has 0 spiro atoms. The molecule has 4 nitrogen and oxygen atoms in total. The summed E-state index contributed by atoms with van der Waals surface area (Å²) >= 11 is 0. The molecule has 0 aromatic heterocycles. The van der Waals surface area contributed by atoms with Crippen LogP contribution in [0.15, 0.2) is 0 Å². The van der Waals surface area contributed by atoms with Crippen LogP contribution in [0.3, 0.4) is 0 Å². The summed E-state index contributed by atoms with van der Waals surface area (Å²) in [5.41, 5.74) is 0. The molecule has 0 aromatic rings. The van der Waals surface area contributed by atoms with Crippen molar-refractivity contribution in [3.63, 3.8) is 0 Å². The summed E-state index contributed by atoms with van der Waals surface area (Å²) in [6, 6.07) is -1.17. The number of carbonyl (C=O) groups is 2. The van der Waals surface area contributed by atoms with E-state index in [2.05, 4.69) is 5.32 Å². The number of halogens is 3. The third kappa shape index (κ3) is 3.61. The van der Waals surface area contributed by atoms with E-state index in [0.717, 1.165) is 0 Å². The van der Waals surface area contributed by atoms with Crippen molar-refractivity contribution in [2.24, 2.45) is 11.8 Å². The topological polar surface area (TPSA) is 66.4 Å².